The minimum absolute atomic E-state index is 0.00765. The molecule has 1 fully saturated rings. The molecule has 1 unspecified atom stereocenters. The van der Waals surface area contributed by atoms with Crippen LogP contribution in [0.2, 0.25) is 0 Å². The summed E-state index contributed by atoms with van der Waals surface area (Å²) in [6.07, 6.45) is -11.8. The number of nitrogens with one attached hydrogen (secondary N) is 2. The Bertz CT molecular complexity index is 1360. The van der Waals surface area contributed by atoms with Crippen molar-refractivity contribution in [2.75, 3.05) is 29.9 Å². The smallest absolute Gasteiger partial charge is 0.475 e. The molecule has 3 N–H and O–H groups in total. The molecule has 1 saturated heterocycles. The van der Waals surface area contributed by atoms with Gasteiger partial charge in [0.15, 0.2) is 11.3 Å². The number of aryl methyl sites for hydroxylation is 1. The minimum atomic E-state index is -5.08. The molecule has 0 spiro atoms. The van der Waals surface area contributed by atoms with E-state index in [2.05, 4.69) is 25.8 Å². The van der Waals surface area contributed by atoms with E-state index in [0.29, 0.717) is 6.54 Å². The van der Waals surface area contributed by atoms with Crippen LogP contribution in [0.3, 0.4) is 0 Å². The fourth-order valence-electron chi connectivity index (χ4n) is 3.67. The zero-order chi connectivity index (χ0) is 30.0. The molecule has 0 radical (unpaired) electrons. The molecule has 11 nitrogen and oxygen atoms in total. The summed E-state index contributed by atoms with van der Waals surface area (Å²) in [6.45, 7) is 0.791. The maximum absolute atomic E-state index is 13.2. The highest BCUT2D eigenvalue weighted by atomic mass is 19.4. The third-order valence-corrected chi connectivity index (χ3v) is 5.30. The topological polar surface area (TPSA) is 130 Å². The van der Waals surface area contributed by atoms with Crippen molar-refractivity contribution in [3.05, 3.63) is 35.9 Å². The highest BCUT2D eigenvalue weighted by Gasteiger charge is 2.39. The molecule has 3 aromatic rings. The number of carbonyl (C=O) groups excluding carboxylic acids is 1. The minimum Gasteiger partial charge on any atom is -0.475 e. The van der Waals surface area contributed by atoms with E-state index in [9.17, 15) is 44.3 Å². The molecule has 1 aliphatic heterocycles. The summed E-state index contributed by atoms with van der Waals surface area (Å²) in [5, 5.41) is 19.5. The second-order valence-corrected chi connectivity index (χ2v) is 8.30. The van der Waals surface area contributed by atoms with Crippen molar-refractivity contribution in [1.29, 1.82) is 0 Å². The van der Waals surface area contributed by atoms with Crippen LogP contribution in [0.1, 0.15) is 22.5 Å². The summed E-state index contributed by atoms with van der Waals surface area (Å²) in [5.74, 6) is -3.47. The largest absolute Gasteiger partial charge is 0.490 e. The van der Waals surface area contributed by atoms with Crippen LogP contribution in [0.5, 0.6) is 0 Å². The Labute approximate surface area is 217 Å². The van der Waals surface area contributed by atoms with E-state index in [1.54, 1.807) is 0 Å². The van der Waals surface area contributed by atoms with Gasteiger partial charge in [0.1, 0.15) is 11.4 Å². The van der Waals surface area contributed by atoms with Crippen molar-refractivity contribution >= 4 is 29.0 Å². The van der Waals surface area contributed by atoms with Gasteiger partial charge in [-0.2, -0.15) is 49.7 Å². The number of carboxylic acids is 1. The standard InChI is InChI=1S/C18H18F6N8O.C2HF3O2/c1-30-9-12(14(29-30)18(22,23)24)27-16(33)11-8-26-32-4-2-13(28-15(11)32)31-5-3-25-7-10(31)6-17(19,20)21;3-2(4,5)1(6)7/h2,4,8-10,25H,3,5-7H2,1H3,(H,27,33);(H,6,7). The maximum Gasteiger partial charge on any atom is 0.490 e. The van der Waals surface area contributed by atoms with E-state index in [0.717, 1.165) is 17.1 Å². The third-order valence-electron chi connectivity index (χ3n) is 5.30. The lowest BCUT2D eigenvalue weighted by Gasteiger charge is -2.37. The van der Waals surface area contributed by atoms with Crippen molar-refractivity contribution in [2.24, 2.45) is 7.05 Å². The van der Waals surface area contributed by atoms with E-state index < -0.39 is 54.2 Å². The number of aliphatic carboxylic acids is 1. The Morgan fingerprint density at radius 1 is 1.15 bits per heavy atom. The zero-order valence-corrected chi connectivity index (χ0v) is 20.1. The molecule has 0 aliphatic carbocycles. The number of nitrogens with zero attached hydrogens (tertiary/aromatic N) is 6. The van der Waals surface area contributed by atoms with E-state index in [1.165, 1.54) is 28.7 Å². The number of anilines is 2. The zero-order valence-electron chi connectivity index (χ0n) is 20.1. The number of alkyl halides is 9. The number of carbonyl (C=O) groups is 2. The van der Waals surface area contributed by atoms with Crippen LogP contribution >= 0.6 is 0 Å². The summed E-state index contributed by atoms with van der Waals surface area (Å²) >= 11 is 0. The van der Waals surface area contributed by atoms with Crippen LogP contribution in [-0.2, 0) is 18.0 Å². The van der Waals surface area contributed by atoms with Crippen LogP contribution in [0.25, 0.3) is 5.65 Å². The van der Waals surface area contributed by atoms with Gasteiger partial charge in [0.25, 0.3) is 5.91 Å². The van der Waals surface area contributed by atoms with E-state index in [-0.39, 0.29) is 30.1 Å². The van der Waals surface area contributed by atoms with Gasteiger partial charge in [0.2, 0.25) is 0 Å². The second kappa shape index (κ2) is 11.2. The van der Waals surface area contributed by atoms with Gasteiger partial charge < -0.3 is 20.6 Å². The number of halogens is 9. The molecule has 3 aromatic heterocycles. The first kappa shape index (κ1) is 30.4. The van der Waals surface area contributed by atoms with Gasteiger partial charge in [-0.05, 0) is 6.07 Å². The number of amides is 1. The molecular weight excluding hydrogens is 571 g/mol. The van der Waals surface area contributed by atoms with Gasteiger partial charge in [0.05, 0.1) is 24.3 Å². The lowest BCUT2D eigenvalue weighted by Crippen LogP contribution is -2.53. The highest BCUT2D eigenvalue weighted by molar-refractivity contribution is 6.08. The normalized spacial score (nSPS) is 16.4. The van der Waals surface area contributed by atoms with Gasteiger partial charge in [0, 0.05) is 39.1 Å². The van der Waals surface area contributed by atoms with Gasteiger partial charge in [-0.25, -0.2) is 14.3 Å². The molecule has 220 valence electrons. The monoisotopic (exact) mass is 590 g/mol. The molecule has 0 saturated carbocycles. The number of rotatable bonds is 4. The van der Waals surface area contributed by atoms with E-state index in [4.69, 9.17) is 9.90 Å². The SMILES string of the molecule is Cn1cc(NC(=O)c2cnn3ccc(N4CCNCC4CC(F)(F)F)nc23)c(C(F)(F)F)n1.O=C(O)C(F)(F)F. The first-order valence-electron chi connectivity index (χ1n) is 11.0. The Balaban J connectivity index is 0.000000559. The summed E-state index contributed by atoms with van der Waals surface area (Å²) in [4.78, 5) is 27.4. The van der Waals surface area contributed by atoms with Crippen LogP contribution < -0.4 is 15.5 Å². The van der Waals surface area contributed by atoms with E-state index >= 15 is 0 Å². The molecule has 1 atom stereocenters. The Morgan fingerprint density at radius 2 is 1.80 bits per heavy atom. The number of fused-ring (bicyclic) bond motifs is 1. The van der Waals surface area contributed by atoms with Gasteiger partial charge >= 0.3 is 24.5 Å². The predicted octanol–water partition coefficient (Wildman–Crippen LogP) is 3.10. The molecule has 0 aromatic carbocycles. The quantitative estimate of drug-likeness (QED) is 0.396. The molecule has 20 heteroatoms. The first-order chi connectivity index (χ1) is 18.4. The van der Waals surface area contributed by atoms with Crippen LogP contribution in [0.4, 0.5) is 51.0 Å². The lowest BCUT2D eigenvalue weighted by molar-refractivity contribution is -0.192. The third kappa shape index (κ3) is 7.51. The summed E-state index contributed by atoms with van der Waals surface area (Å²) in [6, 6.07) is 0.567. The van der Waals surface area contributed by atoms with Gasteiger partial charge in [-0.3, -0.25) is 9.48 Å². The summed E-state index contributed by atoms with van der Waals surface area (Å²) < 4.78 is 112. The second-order valence-electron chi connectivity index (χ2n) is 8.30. The van der Waals surface area contributed by atoms with E-state index in [1.807, 2.05) is 0 Å². The Hall–Kier alpha value is -4.10. The lowest BCUT2D eigenvalue weighted by atomic mass is 10.1. The van der Waals surface area contributed by atoms with Crippen molar-refractivity contribution in [3.8, 4) is 0 Å². The Kier molecular flexibility index (Phi) is 8.51. The number of hydrogen-bond donors (Lipinski definition) is 3. The predicted molar refractivity (Wildman–Crippen MR) is 118 cm³/mol. The van der Waals surface area contributed by atoms with Gasteiger partial charge in [-0.15, -0.1) is 0 Å². The van der Waals surface area contributed by atoms with Crippen molar-refractivity contribution in [3.63, 3.8) is 0 Å². The first-order valence-corrected chi connectivity index (χ1v) is 11.0. The number of carboxylic acid groups (broad SMARTS) is 1. The molecule has 1 aliphatic rings. The van der Waals surface area contributed by atoms with Gasteiger partial charge in [-0.1, -0.05) is 0 Å². The number of hydrogen-bond acceptors (Lipinski definition) is 7. The van der Waals surface area contributed by atoms with Crippen LogP contribution in [-0.4, -0.2) is 79.4 Å². The summed E-state index contributed by atoms with van der Waals surface area (Å²) in [7, 11) is 1.28. The summed E-state index contributed by atoms with van der Waals surface area (Å²) in [5.41, 5.74) is -1.96. The molecule has 0 bridgehead atoms. The molecular formula is C20H19F9N8O3. The average molecular weight is 590 g/mol. The molecule has 40 heavy (non-hydrogen) atoms. The van der Waals surface area contributed by atoms with Crippen molar-refractivity contribution < 1.29 is 54.2 Å². The molecule has 4 rings (SSSR count). The highest BCUT2D eigenvalue weighted by Crippen LogP contribution is 2.34. The fraction of sp³-hybridized carbons (Fsp3) is 0.450. The molecule has 1 amide bonds. The van der Waals surface area contributed by atoms with Crippen molar-refractivity contribution in [1.82, 2.24) is 29.7 Å². The number of aromatic nitrogens is 5. The fourth-order valence-corrected chi connectivity index (χ4v) is 3.67. The molecule has 4 heterocycles. The number of piperazine rings is 1. The maximum atomic E-state index is 13.2. The van der Waals surface area contributed by atoms with Crippen LogP contribution in [0.15, 0.2) is 24.7 Å². The average Bonchev–Trinajstić information content (AvgIpc) is 3.40. The van der Waals surface area contributed by atoms with Crippen molar-refractivity contribution in [2.45, 2.75) is 31.0 Å². The Morgan fingerprint density at radius 3 is 2.38 bits per heavy atom. The van der Waals surface area contributed by atoms with Crippen LogP contribution in [0, 0.1) is 0 Å².